The molecule has 1 saturated heterocycles. The van der Waals surface area contributed by atoms with Gasteiger partial charge in [-0.25, -0.2) is 4.79 Å². The van der Waals surface area contributed by atoms with Gasteiger partial charge in [0.25, 0.3) is 0 Å². The van der Waals surface area contributed by atoms with Gasteiger partial charge in [0.2, 0.25) is 0 Å². The van der Waals surface area contributed by atoms with Gasteiger partial charge in [-0.15, -0.1) is 0 Å². The Morgan fingerprint density at radius 1 is 1.29 bits per heavy atom. The van der Waals surface area contributed by atoms with Gasteiger partial charge in [-0.3, -0.25) is 4.90 Å². The molecule has 1 aromatic rings. The molecule has 1 aromatic carbocycles. The van der Waals surface area contributed by atoms with E-state index in [9.17, 15) is 4.79 Å². The van der Waals surface area contributed by atoms with Crippen molar-refractivity contribution < 1.29 is 9.53 Å². The second-order valence-corrected chi connectivity index (χ2v) is 7.59. The molecule has 3 aliphatic rings. The van der Waals surface area contributed by atoms with E-state index in [2.05, 4.69) is 44.5 Å². The molecule has 0 N–H and O–H groups in total. The minimum absolute atomic E-state index is 0.165. The van der Waals surface area contributed by atoms with E-state index in [1.54, 1.807) is 0 Å². The van der Waals surface area contributed by atoms with Crippen molar-refractivity contribution in [2.24, 2.45) is 0 Å². The summed E-state index contributed by atoms with van der Waals surface area (Å²) in [7, 11) is 3.62. The summed E-state index contributed by atoms with van der Waals surface area (Å²) in [5.41, 5.74) is 5.96. The lowest BCUT2D eigenvalue weighted by molar-refractivity contribution is 0.0585. The average molecular weight is 326 g/mol. The number of methoxy groups -OCH3 is 1. The van der Waals surface area contributed by atoms with Crippen LogP contribution in [0.1, 0.15) is 42.4 Å². The van der Waals surface area contributed by atoms with Gasteiger partial charge in [0, 0.05) is 19.3 Å². The van der Waals surface area contributed by atoms with E-state index in [0.717, 1.165) is 32.2 Å². The maximum atomic E-state index is 12.6. The van der Waals surface area contributed by atoms with Crippen LogP contribution in [0.3, 0.4) is 0 Å². The van der Waals surface area contributed by atoms with Crippen molar-refractivity contribution in [3.8, 4) is 0 Å². The molecule has 4 nitrogen and oxygen atoms in total. The van der Waals surface area contributed by atoms with Crippen LogP contribution in [0, 0.1) is 13.8 Å². The maximum Gasteiger partial charge on any atom is 0.411 e. The van der Waals surface area contributed by atoms with Crippen LogP contribution in [0.15, 0.2) is 24.3 Å². The highest BCUT2D eigenvalue weighted by atomic mass is 16.5. The third kappa shape index (κ3) is 1.48. The predicted molar refractivity (Wildman–Crippen MR) is 95.4 cm³/mol. The number of rotatable bonds is 0. The number of likely N-dealkylation sites (N-methyl/N-ethyl adjacent to an activating group) is 1. The smallest absolute Gasteiger partial charge is 0.411 e. The fraction of sp³-hybridized carbons (Fsp3) is 0.550. The van der Waals surface area contributed by atoms with Gasteiger partial charge in [-0.05, 0) is 62.3 Å². The molecular formula is C20H26N2O2. The van der Waals surface area contributed by atoms with Crippen LogP contribution >= 0.6 is 0 Å². The van der Waals surface area contributed by atoms with Crippen LogP contribution in [0.5, 0.6) is 0 Å². The summed E-state index contributed by atoms with van der Waals surface area (Å²) < 4.78 is 5.15. The summed E-state index contributed by atoms with van der Waals surface area (Å²) >= 11 is 0. The monoisotopic (exact) mass is 326 g/mol. The Hall–Kier alpha value is -1.97. The van der Waals surface area contributed by atoms with Crippen molar-refractivity contribution in [1.29, 1.82) is 0 Å². The molecule has 4 rings (SSSR count). The summed E-state index contributed by atoms with van der Waals surface area (Å²) in [5.74, 6) is 0. The normalized spacial score (nSPS) is 30.9. The highest BCUT2D eigenvalue weighted by Gasteiger charge is 2.70. The lowest BCUT2D eigenvalue weighted by Crippen LogP contribution is -2.65. The zero-order valence-corrected chi connectivity index (χ0v) is 15.1. The van der Waals surface area contributed by atoms with Gasteiger partial charge in [-0.1, -0.05) is 18.2 Å². The molecule has 4 heteroatoms. The molecule has 0 spiro atoms. The van der Waals surface area contributed by atoms with Crippen molar-refractivity contribution in [3.63, 3.8) is 0 Å². The van der Waals surface area contributed by atoms with Gasteiger partial charge in [-0.2, -0.15) is 0 Å². The molecule has 1 amide bonds. The Bertz CT molecular complexity index is 756. The zero-order chi connectivity index (χ0) is 17.3. The van der Waals surface area contributed by atoms with E-state index in [-0.39, 0.29) is 17.2 Å². The van der Waals surface area contributed by atoms with Crippen LogP contribution in [-0.2, 0) is 10.2 Å². The maximum absolute atomic E-state index is 12.6. The minimum atomic E-state index is -0.365. The van der Waals surface area contributed by atoms with Gasteiger partial charge >= 0.3 is 6.09 Å². The number of hydrogen-bond donors (Lipinski definition) is 0. The summed E-state index contributed by atoms with van der Waals surface area (Å²) in [6.07, 6.45) is 3.77. The number of anilines is 1. The Morgan fingerprint density at radius 2 is 2.04 bits per heavy atom. The minimum Gasteiger partial charge on any atom is -0.453 e. The Morgan fingerprint density at radius 3 is 2.75 bits per heavy atom. The van der Waals surface area contributed by atoms with Crippen molar-refractivity contribution in [3.05, 3.63) is 41.0 Å². The Kier molecular flexibility index (Phi) is 3.09. The number of benzene rings is 1. The SMILES string of the molecule is C=C1CCC[C@@]23N(C(=O)OC)CC[C@@]12c1c(C)cc(C)cc1N3C. The van der Waals surface area contributed by atoms with Crippen molar-refractivity contribution >= 4 is 11.8 Å². The van der Waals surface area contributed by atoms with Crippen LogP contribution in [0.25, 0.3) is 0 Å². The molecule has 24 heavy (non-hydrogen) atoms. The van der Waals surface area contributed by atoms with Crippen LogP contribution in [0.2, 0.25) is 0 Å². The third-order valence-electron chi connectivity index (χ3n) is 6.64. The second kappa shape index (κ2) is 4.78. The van der Waals surface area contributed by atoms with E-state index >= 15 is 0 Å². The van der Waals surface area contributed by atoms with Crippen molar-refractivity contribution in [1.82, 2.24) is 4.90 Å². The highest BCUT2D eigenvalue weighted by molar-refractivity contribution is 5.79. The molecule has 2 aliphatic heterocycles. The fourth-order valence-electron chi connectivity index (χ4n) is 5.92. The van der Waals surface area contributed by atoms with Gasteiger partial charge < -0.3 is 9.64 Å². The average Bonchev–Trinajstić information content (AvgIpc) is 3.00. The van der Waals surface area contributed by atoms with E-state index in [1.807, 2.05) is 4.90 Å². The number of likely N-dealkylation sites (tertiary alicyclic amines) is 1. The van der Waals surface area contributed by atoms with Crippen molar-refractivity contribution in [2.45, 2.75) is 50.6 Å². The molecule has 0 unspecified atom stereocenters. The topological polar surface area (TPSA) is 32.8 Å². The predicted octanol–water partition coefficient (Wildman–Crippen LogP) is 3.90. The van der Waals surface area contributed by atoms with E-state index in [4.69, 9.17) is 4.74 Å². The molecule has 2 heterocycles. The highest BCUT2D eigenvalue weighted by Crippen LogP contribution is 2.66. The van der Waals surface area contributed by atoms with Gasteiger partial charge in [0.15, 0.2) is 0 Å². The molecule has 0 aromatic heterocycles. The van der Waals surface area contributed by atoms with Gasteiger partial charge in [0.05, 0.1) is 12.5 Å². The Labute approximate surface area is 144 Å². The number of ether oxygens (including phenoxy) is 1. The number of fused-ring (bicyclic) bond motifs is 1. The zero-order valence-electron chi connectivity index (χ0n) is 15.1. The Balaban J connectivity index is 2.04. The summed E-state index contributed by atoms with van der Waals surface area (Å²) in [5, 5.41) is 0. The summed E-state index contributed by atoms with van der Waals surface area (Å²) in [4.78, 5) is 16.9. The molecule has 2 fully saturated rings. The second-order valence-electron chi connectivity index (χ2n) is 7.59. The van der Waals surface area contributed by atoms with E-state index < -0.39 is 0 Å². The van der Waals surface area contributed by atoms with Crippen LogP contribution in [0.4, 0.5) is 10.5 Å². The molecular weight excluding hydrogens is 300 g/mol. The quantitative estimate of drug-likeness (QED) is 0.678. The standard InChI is InChI=1S/C20H26N2O2/c1-13-11-14(2)17-16(12-13)21(4)20-8-6-7-15(3)19(17,20)9-10-22(20)18(23)24-5/h11-12H,3,6-10H2,1-2,4-5H3/t19-,20+/m0/s1. The fourth-order valence-corrected chi connectivity index (χ4v) is 5.92. The molecule has 0 bridgehead atoms. The molecule has 2 atom stereocenters. The van der Waals surface area contributed by atoms with Crippen LogP contribution in [-0.4, -0.2) is 37.4 Å². The summed E-state index contributed by atoms with van der Waals surface area (Å²) in [6, 6.07) is 4.53. The third-order valence-corrected chi connectivity index (χ3v) is 6.64. The number of carbonyl (C=O) groups excluding carboxylic acids is 1. The lowest BCUT2D eigenvalue weighted by Gasteiger charge is -2.52. The number of nitrogens with zero attached hydrogens (tertiary/aromatic N) is 2. The first-order valence-electron chi connectivity index (χ1n) is 8.79. The number of carbonyl (C=O) groups is 1. The van der Waals surface area contributed by atoms with Gasteiger partial charge in [0.1, 0.15) is 5.66 Å². The number of amides is 1. The largest absolute Gasteiger partial charge is 0.453 e. The van der Waals surface area contributed by atoms with E-state index in [0.29, 0.717) is 0 Å². The van der Waals surface area contributed by atoms with E-state index in [1.165, 1.54) is 35.1 Å². The molecule has 1 aliphatic carbocycles. The first-order chi connectivity index (χ1) is 11.4. The summed E-state index contributed by atoms with van der Waals surface area (Å²) in [6.45, 7) is 9.56. The molecule has 1 saturated carbocycles. The number of aryl methyl sites for hydroxylation is 2. The molecule has 0 radical (unpaired) electrons. The van der Waals surface area contributed by atoms with Crippen molar-refractivity contribution in [2.75, 3.05) is 25.6 Å². The molecule has 128 valence electrons. The first kappa shape index (κ1) is 15.6. The lowest BCUT2D eigenvalue weighted by atomic mass is 9.61. The first-order valence-corrected chi connectivity index (χ1v) is 8.79. The number of hydrogen-bond acceptors (Lipinski definition) is 3. The van der Waals surface area contributed by atoms with Crippen LogP contribution < -0.4 is 4.90 Å².